The van der Waals surface area contributed by atoms with Crippen molar-refractivity contribution in [2.24, 2.45) is 5.92 Å². The maximum atomic E-state index is 11.7. The third-order valence-corrected chi connectivity index (χ3v) is 2.75. The highest BCUT2D eigenvalue weighted by atomic mass is 16.5. The topological polar surface area (TPSA) is 56.0 Å². The third-order valence-electron chi connectivity index (χ3n) is 2.75. The molecular weight excluding hydrogens is 192 g/mol. The molecule has 15 heavy (non-hydrogen) atoms. The van der Waals surface area contributed by atoms with Crippen LogP contribution in [0, 0.1) is 11.1 Å². The van der Waals surface area contributed by atoms with E-state index in [-0.39, 0.29) is 11.9 Å². The summed E-state index contributed by atoms with van der Waals surface area (Å²) in [6.07, 6.45) is 5.07. The van der Waals surface area contributed by atoms with Crippen LogP contribution in [0.4, 0.5) is 0 Å². The largest absolute Gasteiger partial charge is 0.619 e. The summed E-state index contributed by atoms with van der Waals surface area (Å²) in [4.78, 5) is 11.7. The van der Waals surface area contributed by atoms with Gasteiger partial charge in [-0.05, 0) is 25.7 Å². The van der Waals surface area contributed by atoms with Crippen molar-refractivity contribution in [2.75, 3.05) is 0 Å². The minimum atomic E-state index is -0.102. The molecule has 0 aliphatic heterocycles. The molecule has 1 N–H and O–H groups in total. The molecule has 0 spiro atoms. The Morgan fingerprint density at radius 1 is 1.53 bits per heavy atom. The summed E-state index contributed by atoms with van der Waals surface area (Å²) >= 11 is 0. The van der Waals surface area contributed by atoms with Gasteiger partial charge in [0.1, 0.15) is 0 Å². The second-order valence-electron chi connectivity index (χ2n) is 4.05. The Kier molecular flexibility index (Phi) is 2.58. The zero-order chi connectivity index (χ0) is 10.8. The molecule has 1 fully saturated rings. The molecule has 1 aliphatic rings. The molecule has 1 aromatic rings. The van der Waals surface area contributed by atoms with Gasteiger partial charge in [-0.2, -0.15) is 4.73 Å². The fourth-order valence-electron chi connectivity index (χ4n) is 1.57. The number of carbonyl (C=O) groups is 1. The van der Waals surface area contributed by atoms with Crippen LogP contribution in [-0.4, -0.2) is 11.9 Å². The molecular formula is C11H14N2O2. The highest BCUT2D eigenvalue weighted by Crippen LogP contribution is 2.32. The molecule has 0 aromatic carbocycles. The fraction of sp³-hybridized carbons (Fsp3) is 0.455. The first-order chi connectivity index (χ1) is 7.16. The van der Waals surface area contributed by atoms with Crippen molar-refractivity contribution in [1.82, 2.24) is 5.32 Å². The van der Waals surface area contributed by atoms with E-state index in [1.807, 2.05) is 6.92 Å². The van der Waals surface area contributed by atoms with Gasteiger partial charge in [-0.25, -0.2) is 0 Å². The van der Waals surface area contributed by atoms with Gasteiger partial charge < -0.3 is 10.5 Å². The summed E-state index contributed by atoms with van der Waals surface area (Å²) in [6, 6.07) is 3.29. The Labute approximate surface area is 88.5 Å². The average Bonchev–Trinajstić information content (AvgIpc) is 3.01. The predicted octanol–water partition coefficient (Wildman–Crippen LogP) is 0.848. The molecule has 0 radical (unpaired) electrons. The Morgan fingerprint density at radius 2 is 2.13 bits per heavy atom. The lowest BCUT2D eigenvalue weighted by Gasteiger charge is -2.12. The Balaban J connectivity index is 1.97. The van der Waals surface area contributed by atoms with Crippen LogP contribution in [0.25, 0.3) is 0 Å². The lowest BCUT2D eigenvalue weighted by Crippen LogP contribution is -2.34. The van der Waals surface area contributed by atoms with Crippen LogP contribution < -0.4 is 10.0 Å². The number of nitrogens with one attached hydrogen (secondary N) is 1. The fourth-order valence-corrected chi connectivity index (χ4v) is 1.57. The smallest absolute Gasteiger partial charge is 0.251 e. The van der Waals surface area contributed by atoms with Crippen LogP contribution in [-0.2, 0) is 0 Å². The molecule has 4 nitrogen and oxygen atoms in total. The van der Waals surface area contributed by atoms with Gasteiger partial charge in [-0.15, -0.1) is 0 Å². The Bertz CT molecular complexity index is 357. The summed E-state index contributed by atoms with van der Waals surface area (Å²) in [5.74, 6) is 0.539. The van der Waals surface area contributed by atoms with Crippen molar-refractivity contribution in [3.63, 3.8) is 0 Å². The van der Waals surface area contributed by atoms with E-state index in [0.717, 1.165) is 0 Å². The van der Waals surface area contributed by atoms with Gasteiger partial charge in [0.05, 0.1) is 5.56 Å². The Hall–Kier alpha value is -1.58. The molecule has 0 bridgehead atoms. The molecule has 1 aliphatic carbocycles. The molecule has 4 heteroatoms. The van der Waals surface area contributed by atoms with E-state index in [1.165, 1.54) is 37.4 Å². The summed E-state index contributed by atoms with van der Waals surface area (Å²) in [5.41, 5.74) is 0.537. The summed E-state index contributed by atoms with van der Waals surface area (Å²) < 4.78 is 0.668. The second kappa shape index (κ2) is 3.88. The molecule has 1 aromatic heterocycles. The molecule has 1 amide bonds. The molecule has 80 valence electrons. The lowest BCUT2D eigenvalue weighted by atomic mass is 10.2. The van der Waals surface area contributed by atoms with E-state index in [1.54, 1.807) is 0 Å². The first-order valence-corrected chi connectivity index (χ1v) is 5.16. The summed E-state index contributed by atoms with van der Waals surface area (Å²) in [7, 11) is 0. The van der Waals surface area contributed by atoms with Gasteiger partial charge in [0.15, 0.2) is 12.4 Å². The highest BCUT2D eigenvalue weighted by molar-refractivity contribution is 5.94. The van der Waals surface area contributed by atoms with E-state index in [9.17, 15) is 10.0 Å². The lowest BCUT2D eigenvalue weighted by molar-refractivity contribution is -0.605. The van der Waals surface area contributed by atoms with Gasteiger partial charge in [0.25, 0.3) is 5.91 Å². The number of amides is 1. The zero-order valence-corrected chi connectivity index (χ0v) is 8.64. The van der Waals surface area contributed by atoms with Gasteiger partial charge in [0.2, 0.25) is 0 Å². The second-order valence-corrected chi connectivity index (χ2v) is 4.05. The van der Waals surface area contributed by atoms with Gasteiger partial charge >= 0.3 is 0 Å². The van der Waals surface area contributed by atoms with E-state index >= 15 is 0 Å². The first-order valence-electron chi connectivity index (χ1n) is 5.16. The van der Waals surface area contributed by atoms with Crippen LogP contribution in [0.3, 0.4) is 0 Å². The number of hydrogen-bond donors (Lipinski definition) is 1. The van der Waals surface area contributed by atoms with Crippen molar-refractivity contribution in [2.45, 2.75) is 25.8 Å². The molecule has 1 unspecified atom stereocenters. The minimum absolute atomic E-state index is 0.102. The number of aromatic nitrogens is 1. The number of rotatable bonds is 3. The zero-order valence-electron chi connectivity index (χ0n) is 8.64. The van der Waals surface area contributed by atoms with Crippen LogP contribution in [0.2, 0.25) is 0 Å². The van der Waals surface area contributed by atoms with Gasteiger partial charge in [0, 0.05) is 18.2 Å². The van der Waals surface area contributed by atoms with E-state index in [4.69, 9.17) is 0 Å². The van der Waals surface area contributed by atoms with Crippen LogP contribution in [0.15, 0.2) is 24.5 Å². The van der Waals surface area contributed by atoms with Gasteiger partial charge in [-0.1, -0.05) is 0 Å². The Morgan fingerprint density at radius 3 is 2.67 bits per heavy atom. The van der Waals surface area contributed by atoms with Gasteiger partial charge in [-0.3, -0.25) is 4.79 Å². The minimum Gasteiger partial charge on any atom is -0.619 e. The van der Waals surface area contributed by atoms with Crippen molar-refractivity contribution in [1.29, 1.82) is 0 Å². The summed E-state index contributed by atoms with van der Waals surface area (Å²) in [5, 5.41) is 13.7. The molecule has 1 atom stereocenters. The number of nitrogens with zero attached hydrogens (tertiary/aromatic N) is 1. The monoisotopic (exact) mass is 206 g/mol. The predicted molar refractivity (Wildman–Crippen MR) is 55.1 cm³/mol. The van der Waals surface area contributed by atoms with E-state index < -0.39 is 0 Å². The van der Waals surface area contributed by atoms with Crippen molar-refractivity contribution in [3.05, 3.63) is 35.3 Å². The molecule has 2 rings (SSSR count). The normalized spacial score (nSPS) is 17.1. The molecule has 1 heterocycles. The third kappa shape index (κ3) is 2.46. The average molecular weight is 206 g/mol. The van der Waals surface area contributed by atoms with Crippen LogP contribution >= 0.6 is 0 Å². The van der Waals surface area contributed by atoms with Crippen molar-refractivity contribution in [3.8, 4) is 0 Å². The maximum absolute atomic E-state index is 11.7. The highest BCUT2D eigenvalue weighted by Gasteiger charge is 2.29. The van der Waals surface area contributed by atoms with E-state index in [0.29, 0.717) is 16.2 Å². The maximum Gasteiger partial charge on any atom is 0.251 e. The quantitative estimate of drug-likeness (QED) is 0.588. The number of pyridine rings is 1. The standard InChI is InChI=1S/C11H14N2O2/c1-8(9-2-3-9)12-11(14)10-4-6-13(15)7-5-10/h4-9H,2-3H2,1H3,(H,12,14). The first kappa shape index (κ1) is 9.96. The number of hydrogen-bond acceptors (Lipinski definition) is 2. The summed E-state index contributed by atoms with van der Waals surface area (Å²) in [6.45, 7) is 2.02. The van der Waals surface area contributed by atoms with Crippen molar-refractivity contribution < 1.29 is 9.52 Å². The number of carbonyl (C=O) groups excluding carboxylic acids is 1. The van der Waals surface area contributed by atoms with Crippen molar-refractivity contribution >= 4 is 5.91 Å². The van der Waals surface area contributed by atoms with E-state index in [2.05, 4.69) is 5.32 Å². The molecule has 1 saturated carbocycles. The van der Waals surface area contributed by atoms with Crippen LogP contribution in [0.5, 0.6) is 0 Å². The molecule has 0 saturated heterocycles. The van der Waals surface area contributed by atoms with Crippen LogP contribution in [0.1, 0.15) is 30.1 Å². The SMILES string of the molecule is CC(NC(=O)c1cc[n+]([O-])cc1)C1CC1.